The smallest absolute Gasteiger partial charge is 0.329 e. The van der Waals surface area contributed by atoms with E-state index in [2.05, 4.69) is 0 Å². The fourth-order valence-electron chi connectivity index (χ4n) is 2.02. The van der Waals surface area contributed by atoms with E-state index in [4.69, 9.17) is 4.74 Å². The van der Waals surface area contributed by atoms with Crippen LogP contribution in [0.3, 0.4) is 0 Å². The van der Waals surface area contributed by atoms with E-state index in [0.717, 1.165) is 0 Å². The van der Waals surface area contributed by atoms with Gasteiger partial charge in [0.25, 0.3) is 0 Å². The molecule has 0 rings (SSSR count). The fraction of sp³-hybridized carbons (Fsp3) is 0.867. The molecule has 0 spiro atoms. The molecule has 0 N–H and O–H groups in total. The van der Waals surface area contributed by atoms with E-state index in [1.807, 2.05) is 55.4 Å². The van der Waals surface area contributed by atoms with Crippen LogP contribution in [0.1, 0.15) is 55.4 Å². The summed E-state index contributed by atoms with van der Waals surface area (Å²) >= 11 is 0. The monoisotopic (exact) mass is 271 g/mol. The van der Waals surface area contributed by atoms with E-state index in [0.29, 0.717) is 0 Å². The lowest BCUT2D eigenvalue weighted by Gasteiger charge is -2.37. The normalized spacial score (nSPS) is 13.3. The molecule has 1 unspecified atom stereocenters. The van der Waals surface area contributed by atoms with Crippen molar-refractivity contribution in [2.24, 2.45) is 11.8 Å². The predicted molar refractivity (Wildman–Crippen MR) is 76.7 cm³/mol. The summed E-state index contributed by atoms with van der Waals surface area (Å²) in [5.74, 6) is -0.422. The van der Waals surface area contributed by atoms with Gasteiger partial charge in [-0.15, -0.1) is 0 Å². The molecule has 19 heavy (non-hydrogen) atoms. The van der Waals surface area contributed by atoms with Gasteiger partial charge in [-0.3, -0.25) is 4.79 Å². The van der Waals surface area contributed by atoms with E-state index in [1.165, 1.54) is 0 Å². The van der Waals surface area contributed by atoms with Crippen LogP contribution in [-0.2, 0) is 14.3 Å². The Morgan fingerprint density at radius 3 is 1.63 bits per heavy atom. The zero-order chi connectivity index (χ0) is 15.3. The van der Waals surface area contributed by atoms with Crippen molar-refractivity contribution < 1.29 is 14.3 Å². The molecule has 112 valence electrons. The molecule has 1 atom stereocenters. The number of amides is 1. The molecule has 0 aromatic rings. The van der Waals surface area contributed by atoms with Crippen LogP contribution >= 0.6 is 0 Å². The van der Waals surface area contributed by atoms with Crippen molar-refractivity contribution in [1.29, 1.82) is 0 Å². The molecule has 1 amide bonds. The van der Waals surface area contributed by atoms with Crippen molar-refractivity contribution in [2.45, 2.75) is 73.6 Å². The Bertz CT molecular complexity index is 309. The number of hydrogen-bond donors (Lipinski definition) is 0. The Morgan fingerprint density at radius 1 is 0.895 bits per heavy atom. The lowest BCUT2D eigenvalue weighted by atomic mass is 9.99. The van der Waals surface area contributed by atoms with Crippen LogP contribution < -0.4 is 0 Å². The average molecular weight is 271 g/mol. The van der Waals surface area contributed by atoms with Crippen LogP contribution in [0.5, 0.6) is 0 Å². The highest BCUT2D eigenvalue weighted by Gasteiger charge is 2.36. The minimum atomic E-state index is -0.516. The summed E-state index contributed by atoms with van der Waals surface area (Å²) in [6.45, 7) is 15.1. The molecular weight excluding hydrogens is 242 g/mol. The lowest BCUT2D eigenvalue weighted by molar-refractivity contribution is -0.163. The zero-order valence-corrected chi connectivity index (χ0v) is 13.6. The second-order valence-corrected chi connectivity index (χ2v) is 6.17. The largest absolute Gasteiger partial charge is 0.461 e. The van der Waals surface area contributed by atoms with Crippen LogP contribution in [-0.4, -0.2) is 35.0 Å². The quantitative estimate of drug-likeness (QED) is 0.698. The molecule has 0 radical (unpaired) electrons. The van der Waals surface area contributed by atoms with E-state index in [-0.39, 0.29) is 35.9 Å². The molecular formula is C15H29NO3. The summed E-state index contributed by atoms with van der Waals surface area (Å²) in [6.07, 6.45) is -0.170. The Labute approximate surface area is 117 Å². The minimum absolute atomic E-state index is 0.00518. The van der Waals surface area contributed by atoms with E-state index in [1.54, 1.807) is 4.90 Å². The van der Waals surface area contributed by atoms with Crippen molar-refractivity contribution in [3.05, 3.63) is 0 Å². The van der Waals surface area contributed by atoms with Gasteiger partial charge in [0.15, 0.2) is 0 Å². The van der Waals surface area contributed by atoms with Crippen molar-refractivity contribution in [1.82, 2.24) is 4.90 Å². The van der Waals surface area contributed by atoms with Crippen LogP contribution in [0, 0.1) is 11.8 Å². The number of rotatable bonds is 6. The first-order valence-corrected chi connectivity index (χ1v) is 7.12. The van der Waals surface area contributed by atoms with Crippen molar-refractivity contribution >= 4 is 11.9 Å². The molecule has 0 aromatic carbocycles. The molecule has 0 aromatic heterocycles. The molecule has 0 aliphatic rings. The van der Waals surface area contributed by atoms with Crippen molar-refractivity contribution in [3.63, 3.8) is 0 Å². The van der Waals surface area contributed by atoms with E-state index < -0.39 is 6.04 Å². The first kappa shape index (κ1) is 17.9. The Morgan fingerprint density at radius 2 is 1.37 bits per heavy atom. The van der Waals surface area contributed by atoms with Gasteiger partial charge < -0.3 is 9.64 Å². The van der Waals surface area contributed by atoms with Crippen molar-refractivity contribution in [2.75, 3.05) is 0 Å². The Balaban J connectivity index is 5.30. The van der Waals surface area contributed by atoms with Gasteiger partial charge in [-0.05, 0) is 33.6 Å². The number of ether oxygens (including phenoxy) is 1. The molecule has 0 heterocycles. The maximum Gasteiger partial charge on any atom is 0.329 e. The Kier molecular flexibility index (Phi) is 7.09. The third kappa shape index (κ3) is 5.21. The number of carbonyl (C=O) groups is 2. The van der Waals surface area contributed by atoms with Gasteiger partial charge in [0.05, 0.1) is 6.10 Å². The predicted octanol–water partition coefficient (Wildman–Crippen LogP) is 2.86. The summed E-state index contributed by atoms with van der Waals surface area (Å²) in [5, 5.41) is 0. The lowest BCUT2D eigenvalue weighted by Crippen LogP contribution is -2.53. The summed E-state index contributed by atoms with van der Waals surface area (Å²) in [5.41, 5.74) is 0. The van der Waals surface area contributed by atoms with Crippen LogP contribution in [0.25, 0.3) is 0 Å². The number of carbonyl (C=O) groups excluding carboxylic acids is 2. The van der Waals surface area contributed by atoms with Gasteiger partial charge in [-0.1, -0.05) is 27.7 Å². The molecule has 4 nitrogen and oxygen atoms in total. The van der Waals surface area contributed by atoms with Crippen LogP contribution in [0.15, 0.2) is 0 Å². The number of hydrogen-bond acceptors (Lipinski definition) is 3. The third-order valence-electron chi connectivity index (χ3n) is 2.83. The maximum absolute atomic E-state index is 12.3. The molecule has 4 heteroatoms. The summed E-state index contributed by atoms with van der Waals surface area (Å²) in [4.78, 5) is 26.3. The van der Waals surface area contributed by atoms with Crippen LogP contribution in [0.2, 0.25) is 0 Å². The topological polar surface area (TPSA) is 46.6 Å². The van der Waals surface area contributed by atoms with Gasteiger partial charge in [0, 0.05) is 12.0 Å². The zero-order valence-electron chi connectivity index (χ0n) is 13.6. The first-order chi connectivity index (χ1) is 8.59. The maximum atomic E-state index is 12.3. The second kappa shape index (κ2) is 7.51. The number of nitrogens with zero attached hydrogens (tertiary/aromatic N) is 1. The Hall–Kier alpha value is -1.06. The average Bonchev–Trinajstić information content (AvgIpc) is 2.21. The van der Waals surface area contributed by atoms with E-state index in [9.17, 15) is 9.59 Å². The standard InChI is InChI=1S/C15H29NO3/c1-9(2)13(15(18)19-12(7)8)16(11(5)6)14(17)10(3)4/h9-13H,1-8H3. The molecule has 0 aliphatic heterocycles. The highest BCUT2D eigenvalue weighted by Crippen LogP contribution is 2.19. The fourth-order valence-corrected chi connectivity index (χ4v) is 2.02. The van der Waals surface area contributed by atoms with Crippen molar-refractivity contribution in [3.8, 4) is 0 Å². The van der Waals surface area contributed by atoms with Gasteiger partial charge in [-0.25, -0.2) is 4.79 Å². The molecule has 0 aliphatic carbocycles. The highest BCUT2D eigenvalue weighted by atomic mass is 16.5. The van der Waals surface area contributed by atoms with Gasteiger partial charge >= 0.3 is 5.97 Å². The second-order valence-electron chi connectivity index (χ2n) is 6.17. The van der Waals surface area contributed by atoms with E-state index >= 15 is 0 Å². The van der Waals surface area contributed by atoms with Crippen LogP contribution in [0.4, 0.5) is 0 Å². The minimum Gasteiger partial charge on any atom is -0.461 e. The molecule has 0 bridgehead atoms. The molecule has 0 saturated carbocycles. The van der Waals surface area contributed by atoms with Gasteiger partial charge in [0.2, 0.25) is 5.91 Å². The third-order valence-corrected chi connectivity index (χ3v) is 2.83. The highest BCUT2D eigenvalue weighted by molar-refractivity contribution is 5.86. The summed E-state index contributed by atoms with van der Waals surface area (Å²) in [6, 6.07) is -0.542. The first-order valence-electron chi connectivity index (χ1n) is 7.12. The summed E-state index contributed by atoms with van der Waals surface area (Å²) in [7, 11) is 0. The molecule has 0 saturated heterocycles. The molecule has 0 fully saturated rings. The van der Waals surface area contributed by atoms with Gasteiger partial charge in [-0.2, -0.15) is 0 Å². The summed E-state index contributed by atoms with van der Waals surface area (Å²) < 4.78 is 5.30. The number of esters is 1. The SMILES string of the molecule is CC(C)OC(=O)C(C(C)C)N(C(=O)C(C)C)C(C)C. The van der Waals surface area contributed by atoms with Gasteiger partial charge in [0.1, 0.15) is 6.04 Å².